The number of nitrogens with zero attached hydrogens (tertiary/aromatic N) is 1. The highest BCUT2D eigenvalue weighted by Gasteiger charge is 2.28. The van der Waals surface area contributed by atoms with Crippen LogP contribution in [-0.2, 0) is 32.2 Å². The number of amides is 3. The van der Waals surface area contributed by atoms with Gasteiger partial charge in [0, 0.05) is 24.4 Å². The summed E-state index contributed by atoms with van der Waals surface area (Å²) in [5.41, 5.74) is 1.76. The van der Waals surface area contributed by atoms with E-state index in [1.807, 2.05) is 6.07 Å². The second-order valence-electron chi connectivity index (χ2n) is 6.51. The summed E-state index contributed by atoms with van der Waals surface area (Å²) in [6.45, 7) is -0.00202. The van der Waals surface area contributed by atoms with Crippen LogP contribution in [0, 0.1) is 0 Å². The summed E-state index contributed by atoms with van der Waals surface area (Å²) in [6, 6.07) is 13.5. The van der Waals surface area contributed by atoms with Gasteiger partial charge in [0.1, 0.15) is 0 Å². The molecule has 0 atom stereocenters. The predicted octanol–water partition coefficient (Wildman–Crippen LogP) is 2.46. The Morgan fingerprint density at radius 3 is 2.31 bits per heavy atom. The van der Waals surface area contributed by atoms with E-state index in [0.717, 1.165) is 11.1 Å². The molecule has 3 rings (SSSR count). The number of carbonyl (C=O) groups is 4. The molecular weight excluding hydrogens is 396 g/mol. The second kappa shape index (κ2) is 9.34. The summed E-state index contributed by atoms with van der Waals surface area (Å²) in [6.07, 6.45) is 0.476. The molecule has 29 heavy (non-hydrogen) atoms. The fourth-order valence-electron chi connectivity index (χ4n) is 2.83. The van der Waals surface area contributed by atoms with Crippen LogP contribution in [0.2, 0.25) is 5.02 Å². The molecule has 1 aliphatic heterocycles. The Kier molecular flexibility index (Phi) is 6.61. The summed E-state index contributed by atoms with van der Waals surface area (Å²) < 4.78 is 5.01. The van der Waals surface area contributed by atoms with Gasteiger partial charge in [-0.15, -0.1) is 0 Å². The van der Waals surface area contributed by atoms with Crippen LogP contribution in [0.25, 0.3) is 0 Å². The maximum Gasteiger partial charge on any atom is 0.338 e. The minimum atomic E-state index is -0.641. The van der Waals surface area contributed by atoms with Crippen molar-refractivity contribution < 1.29 is 23.9 Å². The number of benzene rings is 2. The van der Waals surface area contributed by atoms with Gasteiger partial charge in [0.2, 0.25) is 11.8 Å². The zero-order valence-corrected chi connectivity index (χ0v) is 16.3. The molecule has 0 bridgehead atoms. The lowest BCUT2D eigenvalue weighted by atomic mass is 10.1. The number of ether oxygens (including phenoxy) is 1. The molecule has 150 valence electrons. The van der Waals surface area contributed by atoms with Crippen LogP contribution in [0.1, 0.15) is 34.3 Å². The van der Waals surface area contributed by atoms with Gasteiger partial charge in [-0.2, -0.15) is 0 Å². The Hall–Kier alpha value is -3.19. The van der Waals surface area contributed by atoms with Crippen LogP contribution in [0.15, 0.2) is 48.5 Å². The Morgan fingerprint density at radius 2 is 1.66 bits per heavy atom. The molecule has 0 aromatic heterocycles. The number of halogens is 1. The average molecular weight is 415 g/mol. The molecule has 7 nitrogen and oxygen atoms in total. The molecule has 1 saturated heterocycles. The van der Waals surface area contributed by atoms with Gasteiger partial charge in [-0.1, -0.05) is 41.9 Å². The van der Waals surface area contributed by atoms with Gasteiger partial charge in [-0.25, -0.2) is 4.79 Å². The lowest BCUT2D eigenvalue weighted by Crippen LogP contribution is -2.28. The standard InChI is InChI=1S/C21H19ClN2O5/c22-17-4-2-1-3-16(17)11-23-18(25)13-29-21(28)15-7-5-14(6-8-15)12-24-19(26)9-10-20(24)27/h1-8H,9-13H2,(H,23,25). The van der Waals surface area contributed by atoms with E-state index in [4.69, 9.17) is 16.3 Å². The smallest absolute Gasteiger partial charge is 0.338 e. The molecule has 1 aliphatic rings. The first-order valence-corrected chi connectivity index (χ1v) is 9.41. The van der Waals surface area contributed by atoms with Crippen LogP contribution in [-0.4, -0.2) is 35.2 Å². The second-order valence-corrected chi connectivity index (χ2v) is 6.92. The van der Waals surface area contributed by atoms with Gasteiger partial charge >= 0.3 is 5.97 Å². The average Bonchev–Trinajstić information content (AvgIpc) is 3.04. The van der Waals surface area contributed by atoms with Crippen LogP contribution >= 0.6 is 11.6 Å². The van der Waals surface area contributed by atoms with Crippen molar-refractivity contribution in [3.05, 3.63) is 70.2 Å². The van der Waals surface area contributed by atoms with Crippen molar-refractivity contribution in [2.75, 3.05) is 6.61 Å². The molecule has 0 spiro atoms. The zero-order chi connectivity index (χ0) is 20.8. The van der Waals surface area contributed by atoms with E-state index in [1.54, 1.807) is 30.3 Å². The van der Waals surface area contributed by atoms with E-state index in [0.29, 0.717) is 5.02 Å². The van der Waals surface area contributed by atoms with E-state index < -0.39 is 18.5 Å². The van der Waals surface area contributed by atoms with Gasteiger partial charge in [0.25, 0.3) is 5.91 Å². The summed E-state index contributed by atoms with van der Waals surface area (Å²) in [5, 5.41) is 3.18. The van der Waals surface area contributed by atoms with Gasteiger partial charge in [-0.05, 0) is 29.3 Å². The van der Waals surface area contributed by atoms with Crippen LogP contribution in [0.5, 0.6) is 0 Å². The lowest BCUT2D eigenvalue weighted by molar-refractivity contribution is -0.139. The quantitative estimate of drug-likeness (QED) is 0.555. The first kappa shape index (κ1) is 20.5. The molecule has 2 aromatic rings. The molecule has 3 amide bonds. The van der Waals surface area contributed by atoms with E-state index >= 15 is 0 Å². The third kappa shape index (κ3) is 5.42. The van der Waals surface area contributed by atoms with Crippen molar-refractivity contribution in [1.82, 2.24) is 10.2 Å². The van der Waals surface area contributed by atoms with Crippen molar-refractivity contribution in [2.45, 2.75) is 25.9 Å². The number of nitrogens with one attached hydrogen (secondary N) is 1. The van der Waals surface area contributed by atoms with E-state index in [-0.39, 0.29) is 43.3 Å². The number of imide groups is 1. The Bertz CT molecular complexity index is 926. The molecule has 0 saturated carbocycles. The topological polar surface area (TPSA) is 92.8 Å². The van der Waals surface area contributed by atoms with Crippen molar-refractivity contribution in [1.29, 1.82) is 0 Å². The molecule has 0 aliphatic carbocycles. The molecular formula is C21H19ClN2O5. The minimum absolute atomic E-state index is 0.178. The van der Waals surface area contributed by atoms with Crippen LogP contribution < -0.4 is 5.32 Å². The third-order valence-electron chi connectivity index (χ3n) is 4.45. The van der Waals surface area contributed by atoms with Crippen LogP contribution in [0.4, 0.5) is 0 Å². The van der Waals surface area contributed by atoms with E-state index in [9.17, 15) is 19.2 Å². The monoisotopic (exact) mass is 414 g/mol. The molecule has 2 aromatic carbocycles. The normalized spacial score (nSPS) is 13.5. The molecule has 1 fully saturated rings. The third-order valence-corrected chi connectivity index (χ3v) is 4.82. The highest BCUT2D eigenvalue weighted by Crippen LogP contribution is 2.17. The van der Waals surface area contributed by atoms with Crippen molar-refractivity contribution in [2.24, 2.45) is 0 Å². The molecule has 8 heteroatoms. The predicted molar refractivity (Wildman–Crippen MR) is 105 cm³/mol. The molecule has 0 unspecified atom stereocenters. The highest BCUT2D eigenvalue weighted by molar-refractivity contribution is 6.31. The fourth-order valence-corrected chi connectivity index (χ4v) is 3.03. The largest absolute Gasteiger partial charge is 0.452 e. The minimum Gasteiger partial charge on any atom is -0.452 e. The number of hydrogen-bond acceptors (Lipinski definition) is 5. The Labute approximate surface area is 172 Å². The Balaban J connectivity index is 1.46. The zero-order valence-electron chi connectivity index (χ0n) is 15.5. The maximum atomic E-state index is 12.1. The fraction of sp³-hybridized carbons (Fsp3) is 0.238. The highest BCUT2D eigenvalue weighted by atomic mass is 35.5. The Morgan fingerprint density at radius 1 is 1.00 bits per heavy atom. The van der Waals surface area contributed by atoms with Gasteiger partial charge in [-0.3, -0.25) is 19.3 Å². The first-order chi connectivity index (χ1) is 13.9. The van der Waals surface area contributed by atoms with Crippen LogP contribution in [0.3, 0.4) is 0 Å². The SMILES string of the molecule is O=C(COC(=O)c1ccc(CN2C(=O)CCC2=O)cc1)NCc1ccccc1Cl. The first-order valence-electron chi connectivity index (χ1n) is 9.03. The molecule has 1 N–H and O–H groups in total. The number of rotatable bonds is 7. The van der Waals surface area contributed by atoms with Gasteiger partial charge in [0.15, 0.2) is 6.61 Å². The van der Waals surface area contributed by atoms with E-state index in [2.05, 4.69) is 5.32 Å². The number of hydrogen-bond donors (Lipinski definition) is 1. The maximum absolute atomic E-state index is 12.1. The summed E-state index contributed by atoms with van der Waals surface area (Å²) in [7, 11) is 0. The lowest BCUT2D eigenvalue weighted by Gasteiger charge is -2.13. The van der Waals surface area contributed by atoms with Crippen molar-refractivity contribution >= 4 is 35.3 Å². The summed E-state index contributed by atoms with van der Waals surface area (Å²) >= 11 is 6.02. The summed E-state index contributed by atoms with van der Waals surface area (Å²) in [5.74, 6) is -1.47. The van der Waals surface area contributed by atoms with Crippen molar-refractivity contribution in [3.63, 3.8) is 0 Å². The molecule has 1 heterocycles. The van der Waals surface area contributed by atoms with E-state index in [1.165, 1.54) is 17.0 Å². The number of likely N-dealkylation sites (tertiary alicyclic amines) is 1. The number of carbonyl (C=O) groups excluding carboxylic acids is 4. The van der Waals surface area contributed by atoms with Crippen molar-refractivity contribution in [3.8, 4) is 0 Å². The molecule has 0 radical (unpaired) electrons. The van der Waals surface area contributed by atoms with Gasteiger partial charge in [0.05, 0.1) is 12.1 Å². The number of esters is 1. The summed E-state index contributed by atoms with van der Waals surface area (Å²) in [4.78, 5) is 48.5. The van der Waals surface area contributed by atoms with Gasteiger partial charge < -0.3 is 10.1 Å².